The molecule has 7 nitrogen and oxygen atoms in total. The molecule has 0 saturated carbocycles. The fourth-order valence-electron chi connectivity index (χ4n) is 2.11. The molecule has 1 atom stereocenters. The lowest BCUT2D eigenvalue weighted by atomic mass is 10.2. The van der Waals surface area contributed by atoms with Crippen molar-refractivity contribution in [2.45, 2.75) is 17.9 Å². The Balaban J connectivity index is 2.06. The van der Waals surface area contributed by atoms with E-state index in [1.807, 2.05) is 0 Å². The first-order valence-corrected chi connectivity index (χ1v) is 9.13. The van der Waals surface area contributed by atoms with E-state index in [1.165, 1.54) is 50.4 Å². The number of amides is 2. The van der Waals surface area contributed by atoms with Gasteiger partial charge in [0.05, 0.1) is 6.04 Å². The molecule has 0 heterocycles. The Morgan fingerprint density at radius 3 is 2.23 bits per heavy atom. The average molecular weight is 379 g/mol. The van der Waals surface area contributed by atoms with Crippen molar-refractivity contribution < 1.29 is 22.4 Å². The van der Waals surface area contributed by atoms with Crippen LogP contribution in [0.1, 0.15) is 17.3 Å². The zero-order chi connectivity index (χ0) is 19.3. The fraction of sp³-hybridized carbons (Fsp3) is 0.176. The second-order valence-corrected chi connectivity index (χ2v) is 7.10. The summed E-state index contributed by atoms with van der Waals surface area (Å²) in [6.45, 7) is 1.34. The van der Waals surface area contributed by atoms with E-state index < -0.39 is 32.7 Å². The Hall–Kier alpha value is -2.78. The summed E-state index contributed by atoms with van der Waals surface area (Å²) in [4.78, 5) is 23.1. The maximum Gasteiger partial charge on any atom is 0.251 e. The predicted molar refractivity (Wildman–Crippen MR) is 94.6 cm³/mol. The normalized spacial score (nSPS) is 12.3. The number of nitrogens with one attached hydrogen (secondary N) is 3. The van der Waals surface area contributed by atoms with Gasteiger partial charge in [-0.3, -0.25) is 9.59 Å². The van der Waals surface area contributed by atoms with Crippen LogP contribution in [0.5, 0.6) is 0 Å². The van der Waals surface area contributed by atoms with Crippen molar-refractivity contribution in [3.8, 4) is 0 Å². The van der Waals surface area contributed by atoms with Gasteiger partial charge in [0.25, 0.3) is 5.91 Å². The lowest BCUT2D eigenvalue weighted by molar-refractivity contribution is -0.117. The lowest BCUT2D eigenvalue weighted by Crippen LogP contribution is -2.41. The third-order valence-corrected chi connectivity index (χ3v) is 5.07. The highest BCUT2D eigenvalue weighted by Gasteiger charge is 2.24. The molecule has 26 heavy (non-hydrogen) atoms. The van der Waals surface area contributed by atoms with Crippen molar-refractivity contribution in [3.05, 3.63) is 59.9 Å². The van der Waals surface area contributed by atoms with Gasteiger partial charge in [0.1, 0.15) is 10.7 Å². The minimum absolute atomic E-state index is 0.270. The van der Waals surface area contributed by atoms with Gasteiger partial charge in [0.2, 0.25) is 15.9 Å². The molecule has 2 amide bonds. The molecule has 0 aliphatic heterocycles. The second kappa shape index (κ2) is 8.07. The van der Waals surface area contributed by atoms with Gasteiger partial charge in [-0.05, 0) is 43.3 Å². The molecule has 2 aromatic rings. The Kier molecular flexibility index (Phi) is 6.06. The highest BCUT2D eigenvalue weighted by molar-refractivity contribution is 7.89. The van der Waals surface area contributed by atoms with E-state index in [0.717, 1.165) is 12.1 Å². The zero-order valence-corrected chi connectivity index (χ0v) is 14.9. The zero-order valence-electron chi connectivity index (χ0n) is 14.1. The molecule has 0 radical (unpaired) electrons. The van der Waals surface area contributed by atoms with Crippen LogP contribution in [0.15, 0.2) is 53.4 Å². The Morgan fingerprint density at radius 1 is 1.04 bits per heavy atom. The van der Waals surface area contributed by atoms with Crippen LogP contribution in [0.3, 0.4) is 0 Å². The first-order valence-electron chi connectivity index (χ1n) is 7.64. The van der Waals surface area contributed by atoms with E-state index in [2.05, 4.69) is 15.4 Å². The van der Waals surface area contributed by atoms with Crippen LogP contribution in [0.25, 0.3) is 0 Å². The molecule has 9 heteroatoms. The fourth-order valence-corrected chi connectivity index (χ4v) is 3.39. The van der Waals surface area contributed by atoms with E-state index in [0.29, 0.717) is 11.3 Å². The number of hydrogen-bond donors (Lipinski definition) is 3. The average Bonchev–Trinajstić information content (AvgIpc) is 2.61. The summed E-state index contributed by atoms with van der Waals surface area (Å²) in [5.74, 6) is -1.80. The van der Waals surface area contributed by atoms with Crippen LogP contribution in [-0.2, 0) is 14.8 Å². The van der Waals surface area contributed by atoms with Gasteiger partial charge in [0.15, 0.2) is 0 Å². The Labute approximate surface area is 150 Å². The molecular formula is C17H18FN3O4S. The first-order chi connectivity index (χ1) is 12.2. The van der Waals surface area contributed by atoms with Gasteiger partial charge in [-0.1, -0.05) is 12.1 Å². The van der Waals surface area contributed by atoms with Crippen molar-refractivity contribution in [2.75, 3.05) is 12.4 Å². The molecule has 0 aromatic heterocycles. The van der Waals surface area contributed by atoms with E-state index >= 15 is 0 Å². The van der Waals surface area contributed by atoms with Crippen LogP contribution in [-0.4, -0.2) is 33.3 Å². The van der Waals surface area contributed by atoms with Gasteiger partial charge in [0, 0.05) is 18.3 Å². The molecule has 0 saturated heterocycles. The van der Waals surface area contributed by atoms with Crippen molar-refractivity contribution >= 4 is 27.5 Å². The summed E-state index contributed by atoms with van der Waals surface area (Å²) in [6, 6.07) is 9.81. The number of hydrogen-bond acceptors (Lipinski definition) is 4. The standard InChI is InChI=1S/C17H18FN3O4S/c1-11(21-26(24,25)15-6-4-3-5-14(15)18)16(22)20-13-9-7-12(8-10-13)17(23)19-2/h3-11,21H,1-2H3,(H,19,23)(H,20,22)/t11-/m0/s1. The van der Waals surface area contributed by atoms with E-state index in [9.17, 15) is 22.4 Å². The molecule has 138 valence electrons. The molecule has 0 fully saturated rings. The summed E-state index contributed by atoms with van der Waals surface area (Å²) < 4.78 is 40.2. The predicted octanol–water partition coefficient (Wildman–Crippen LogP) is 1.49. The highest BCUT2D eigenvalue weighted by Crippen LogP contribution is 2.14. The molecule has 0 bridgehead atoms. The molecule has 2 aromatic carbocycles. The SMILES string of the molecule is CNC(=O)c1ccc(NC(=O)[C@H](C)NS(=O)(=O)c2ccccc2F)cc1. The summed E-state index contributed by atoms with van der Waals surface area (Å²) in [5, 5.41) is 5.00. The number of rotatable bonds is 6. The summed E-state index contributed by atoms with van der Waals surface area (Å²) >= 11 is 0. The van der Waals surface area contributed by atoms with Gasteiger partial charge in [-0.15, -0.1) is 0 Å². The third-order valence-electron chi connectivity index (χ3n) is 3.49. The summed E-state index contributed by atoms with van der Waals surface area (Å²) in [5.41, 5.74) is 0.804. The van der Waals surface area contributed by atoms with Crippen LogP contribution in [0.4, 0.5) is 10.1 Å². The third kappa shape index (κ3) is 4.64. The highest BCUT2D eigenvalue weighted by atomic mass is 32.2. The molecular weight excluding hydrogens is 361 g/mol. The number of carbonyl (C=O) groups excluding carboxylic acids is 2. The maximum absolute atomic E-state index is 13.7. The van der Waals surface area contributed by atoms with Crippen molar-refractivity contribution in [1.29, 1.82) is 0 Å². The topological polar surface area (TPSA) is 104 Å². The van der Waals surface area contributed by atoms with E-state index in [1.54, 1.807) is 0 Å². The molecule has 3 N–H and O–H groups in total. The molecule has 2 rings (SSSR count). The van der Waals surface area contributed by atoms with Gasteiger partial charge >= 0.3 is 0 Å². The first kappa shape index (κ1) is 19.5. The van der Waals surface area contributed by atoms with Crippen molar-refractivity contribution in [1.82, 2.24) is 10.0 Å². The van der Waals surface area contributed by atoms with E-state index in [-0.39, 0.29) is 5.91 Å². The van der Waals surface area contributed by atoms with Crippen LogP contribution >= 0.6 is 0 Å². The van der Waals surface area contributed by atoms with E-state index in [4.69, 9.17) is 0 Å². The number of anilines is 1. The van der Waals surface area contributed by atoms with Crippen molar-refractivity contribution in [2.24, 2.45) is 0 Å². The number of benzene rings is 2. The number of halogens is 1. The molecule has 0 spiro atoms. The van der Waals surface area contributed by atoms with Crippen molar-refractivity contribution in [3.63, 3.8) is 0 Å². The van der Waals surface area contributed by atoms with Crippen LogP contribution in [0.2, 0.25) is 0 Å². The summed E-state index contributed by atoms with van der Waals surface area (Å²) in [7, 11) is -2.69. The van der Waals surface area contributed by atoms with Crippen LogP contribution in [0, 0.1) is 5.82 Å². The van der Waals surface area contributed by atoms with Gasteiger partial charge < -0.3 is 10.6 Å². The second-order valence-electron chi connectivity index (χ2n) is 5.42. The van der Waals surface area contributed by atoms with Crippen LogP contribution < -0.4 is 15.4 Å². The van der Waals surface area contributed by atoms with Gasteiger partial charge in [-0.25, -0.2) is 12.8 Å². The largest absolute Gasteiger partial charge is 0.355 e. The Bertz CT molecular complexity index is 914. The quantitative estimate of drug-likeness (QED) is 0.707. The molecule has 0 aliphatic carbocycles. The monoisotopic (exact) mass is 379 g/mol. The summed E-state index contributed by atoms with van der Waals surface area (Å²) in [6.07, 6.45) is 0. The number of sulfonamides is 1. The van der Waals surface area contributed by atoms with Gasteiger partial charge in [-0.2, -0.15) is 4.72 Å². The molecule has 0 aliphatic rings. The minimum atomic E-state index is -4.19. The minimum Gasteiger partial charge on any atom is -0.355 e. The number of carbonyl (C=O) groups is 2. The smallest absolute Gasteiger partial charge is 0.251 e. The Morgan fingerprint density at radius 2 is 1.65 bits per heavy atom. The lowest BCUT2D eigenvalue weighted by Gasteiger charge is -2.15. The molecule has 0 unspecified atom stereocenters. The maximum atomic E-state index is 13.7.